The van der Waals surface area contributed by atoms with Crippen LogP contribution in [0.2, 0.25) is 0 Å². The number of carbonyl (C=O) groups excluding carboxylic acids is 1. The van der Waals surface area contributed by atoms with Gasteiger partial charge in [-0.3, -0.25) is 5.10 Å². The predicted octanol–water partition coefficient (Wildman–Crippen LogP) is 3.18. The summed E-state index contributed by atoms with van der Waals surface area (Å²) >= 11 is 0. The Hall–Kier alpha value is -2.76. The van der Waals surface area contributed by atoms with Crippen LogP contribution in [0, 0.1) is 0 Å². The van der Waals surface area contributed by atoms with Crippen molar-refractivity contribution in [3.63, 3.8) is 0 Å². The molecule has 2 aliphatic rings. The van der Waals surface area contributed by atoms with E-state index in [4.69, 9.17) is 0 Å². The number of urea groups is 1. The summed E-state index contributed by atoms with van der Waals surface area (Å²) in [6, 6.07) is 10.8. The molecule has 3 heterocycles. The molecule has 128 valence electrons. The van der Waals surface area contributed by atoms with E-state index < -0.39 is 0 Å². The van der Waals surface area contributed by atoms with Crippen molar-refractivity contribution in [1.82, 2.24) is 25.4 Å². The third kappa shape index (κ3) is 2.67. The summed E-state index contributed by atoms with van der Waals surface area (Å²) in [7, 11) is 0. The first-order valence-corrected chi connectivity index (χ1v) is 8.97. The molecular weight excluding hydrogens is 314 g/mol. The Morgan fingerprint density at radius 2 is 2.16 bits per heavy atom. The van der Waals surface area contributed by atoms with E-state index in [-0.39, 0.29) is 6.03 Å². The van der Waals surface area contributed by atoms with Crippen LogP contribution in [-0.2, 0) is 13.0 Å². The number of H-pyrrole nitrogens is 2. The van der Waals surface area contributed by atoms with Gasteiger partial charge in [0, 0.05) is 29.1 Å². The summed E-state index contributed by atoms with van der Waals surface area (Å²) in [4.78, 5) is 17.7. The SMILES string of the molecule is O=C(NC1CC1)N1CCCc2c(-c3cc4ccccc4[nH]3)n[nH]c2C1. The number of hydrogen-bond acceptors (Lipinski definition) is 2. The highest BCUT2D eigenvalue weighted by molar-refractivity contribution is 5.85. The lowest BCUT2D eigenvalue weighted by atomic mass is 10.1. The van der Waals surface area contributed by atoms with Gasteiger partial charge in [0.1, 0.15) is 5.69 Å². The Kier molecular flexibility index (Phi) is 3.29. The molecule has 2 aromatic heterocycles. The molecule has 3 aromatic rings. The van der Waals surface area contributed by atoms with Gasteiger partial charge in [-0.15, -0.1) is 0 Å². The van der Waals surface area contributed by atoms with Gasteiger partial charge in [0.15, 0.2) is 0 Å². The van der Waals surface area contributed by atoms with Crippen LogP contribution in [0.1, 0.15) is 30.5 Å². The Morgan fingerprint density at radius 3 is 3.00 bits per heavy atom. The molecule has 1 aliphatic heterocycles. The smallest absolute Gasteiger partial charge is 0.317 e. The van der Waals surface area contributed by atoms with Crippen LogP contribution < -0.4 is 5.32 Å². The zero-order valence-corrected chi connectivity index (χ0v) is 14.0. The number of para-hydroxylation sites is 1. The fourth-order valence-electron chi connectivity index (χ4n) is 3.61. The van der Waals surface area contributed by atoms with Crippen LogP contribution in [-0.4, -0.2) is 38.7 Å². The van der Waals surface area contributed by atoms with Gasteiger partial charge in [-0.2, -0.15) is 5.10 Å². The van der Waals surface area contributed by atoms with Crippen molar-refractivity contribution in [2.24, 2.45) is 0 Å². The highest BCUT2D eigenvalue weighted by Crippen LogP contribution is 2.30. The summed E-state index contributed by atoms with van der Waals surface area (Å²) in [5.74, 6) is 0. The Morgan fingerprint density at radius 1 is 1.28 bits per heavy atom. The number of fused-ring (bicyclic) bond motifs is 2. The lowest BCUT2D eigenvalue weighted by Crippen LogP contribution is -2.40. The third-order valence-electron chi connectivity index (χ3n) is 5.13. The van der Waals surface area contributed by atoms with Crippen molar-refractivity contribution in [2.45, 2.75) is 38.3 Å². The summed E-state index contributed by atoms with van der Waals surface area (Å²) in [5.41, 5.74) is 5.42. The number of hydrogen-bond donors (Lipinski definition) is 3. The van der Waals surface area contributed by atoms with E-state index >= 15 is 0 Å². The molecule has 1 saturated carbocycles. The molecule has 6 nitrogen and oxygen atoms in total. The molecule has 0 unspecified atom stereocenters. The van der Waals surface area contributed by atoms with Crippen LogP contribution in [0.25, 0.3) is 22.3 Å². The normalized spacial score (nSPS) is 17.4. The third-order valence-corrected chi connectivity index (χ3v) is 5.13. The van der Waals surface area contributed by atoms with Crippen molar-refractivity contribution in [2.75, 3.05) is 6.54 Å². The first-order valence-electron chi connectivity index (χ1n) is 8.97. The fourth-order valence-corrected chi connectivity index (χ4v) is 3.61. The molecular formula is C19H21N5O. The van der Waals surface area contributed by atoms with Gasteiger partial charge in [-0.25, -0.2) is 4.79 Å². The molecule has 0 bridgehead atoms. The summed E-state index contributed by atoms with van der Waals surface area (Å²) in [5, 5.41) is 12.0. The van der Waals surface area contributed by atoms with Crippen molar-refractivity contribution >= 4 is 16.9 Å². The molecule has 0 atom stereocenters. The maximum atomic E-state index is 12.4. The van der Waals surface area contributed by atoms with E-state index in [1.54, 1.807) is 0 Å². The number of benzene rings is 1. The van der Waals surface area contributed by atoms with E-state index in [0.717, 1.165) is 54.8 Å². The van der Waals surface area contributed by atoms with Crippen LogP contribution >= 0.6 is 0 Å². The minimum atomic E-state index is 0.0529. The standard InChI is InChI=1S/C19H21N5O/c25-19(20-13-7-8-13)24-9-3-5-14-17(11-24)22-23-18(14)16-10-12-4-1-2-6-15(12)21-16/h1-2,4,6,10,13,21H,3,5,7-9,11H2,(H,20,25)(H,22,23). The van der Waals surface area contributed by atoms with E-state index in [0.29, 0.717) is 12.6 Å². The molecule has 5 rings (SSSR count). The monoisotopic (exact) mass is 335 g/mol. The molecule has 2 amide bonds. The van der Waals surface area contributed by atoms with Gasteiger partial charge >= 0.3 is 6.03 Å². The topological polar surface area (TPSA) is 76.8 Å². The second-order valence-electron chi connectivity index (χ2n) is 7.05. The van der Waals surface area contributed by atoms with Gasteiger partial charge < -0.3 is 15.2 Å². The zero-order valence-electron chi connectivity index (χ0n) is 14.0. The molecule has 1 aliphatic carbocycles. The zero-order chi connectivity index (χ0) is 16.8. The summed E-state index contributed by atoms with van der Waals surface area (Å²) in [6.07, 6.45) is 4.11. The van der Waals surface area contributed by atoms with E-state index in [1.807, 2.05) is 17.0 Å². The predicted molar refractivity (Wildman–Crippen MR) is 96.2 cm³/mol. The molecule has 0 radical (unpaired) electrons. The Bertz CT molecular complexity index is 903. The molecule has 1 fully saturated rings. The van der Waals surface area contributed by atoms with Crippen molar-refractivity contribution in [3.8, 4) is 11.4 Å². The highest BCUT2D eigenvalue weighted by Gasteiger charge is 2.28. The first-order chi connectivity index (χ1) is 12.3. The van der Waals surface area contributed by atoms with Gasteiger partial charge in [-0.1, -0.05) is 18.2 Å². The molecule has 0 spiro atoms. The Labute approximate surface area is 145 Å². The number of nitrogens with zero attached hydrogens (tertiary/aromatic N) is 2. The van der Waals surface area contributed by atoms with Gasteiger partial charge in [0.2, 0.25) is 0 Å². The number of carbonyl (C=O) groups is 1. The number of aromatic amines is 2. The minimum absolute atomic E-state index is 0.0529. The van der Waals surface area contributed by atoms with Gasteiger partial charge in [0.25, 0.3) is 0 Å². The molecule has 6 heteroatoms. The minimum Gasteiger partial charge on any atom is -0.353 e. The van der Waals surface area contributed by atoms with Crippen LogP contribution in [0.3, 0.4) is 0 Å². The van der Waals surface area contributed by atoms with E-state index in [9.17, 15) is 4.79 Å². The van der Waals surface area contributed by atoms with Crippen LogP contribution in [0.15, 0.2) is 30.3 Å². The maximum Gasteiger partial charge on any atom is 0.317 e. The van der Waals surface area contributed by atoms with Crippen molar-refractivity contribution in [1.29, 1.82) is 0 Å². The van der Waals surface area contributed by atoms with Crippen LogP contribution in [0.4, 0.5) is 4.79 Å². The lowest BCUT2D eigenvalue weighted by molar-refractivity contribution is 0.195. The van der Waals surface area contributed by atoms with Gasteiger partial charge in [-0.05, 0) is 37.8 Å². The fraction of sp³-hybridized carbons (Fsp3) is 0.368. The quantitative estimate of drug-likeness (QED) is 0.673. The largest absolute Gasteiger partial charge is 0.353 e. The average Bonchev–Trinajstić information content (AvgIpc) is 3.25. The highest BCUT2D eigenvalue weighted by atomic mass is 16.2. The van der Waals surface area contributed by atoms with Crippen molar-refractivity contribution < 1.29 is 4.79 Å². The maximum absolute atomic E-state index is 12.4. The summed E-state index contributed by atoms with van der Waals surface area (Å²) < 4.78 is 0. The molecule has 1 aromatic carbocycles. The number of amides is 2. The number of rotatable bonds is 2. The van der Waals surface area contributed by atoms with E-state index in [1.165, 1.54) is 10.9 Å². The van der Waals surface area contributed by atoms with Crippen molar-refractivity contribution in [3.05, 3.63) is 41.6 Å². The summed E-state index contributed by atoms with van der Waals surface area (Å²) in [6.45, 7) is 1.38. The van der Waals surface area contributed by atoms with Gasteiger partial charge in [0.05, 0.1) is 17.9 Å². The van der Waals surface area contributed by atoms with Crippen LogP contribution in [0.5, 0.6) is 0 Å². The second-order valence-corrected chi connectivity index (χ2v) is 7.05. The Balaban J connectivity index is 1.44. The molecule has 0 saturated heterocycles. The average molecular weight is 335 g/mol. The number of nitrogens with one attached hydrogen (secondary N) is 3. The molecule has 3 N–H and O–H groups in total. The lowest BCUT2D eigenvalue weighted by Gasteiger charge is -2.20. The second kappa shape index (κ2) is 5.65. The molecule has 25 heavy (non-hydrogen) atoms. The van der Waals surface area contributed by atoms with E-state index in [2.05, 4.69) is 38.7 Å². The first kappa shape index (κ1) is 14.6. The number of aromatic nitrogens is 3.